The number of ether oxygens (including phenoxy) is 2. The standard InChI is InChI=1S/C15H20N2O4S.BF4/c1-14(2)15(3,4)21-13(20-14)9-10-17-11-5-7-12(8-6-11)22(16,18)19;2-1(3,4)5/h5-10H,1-4H3,(H2,16,18,19);/q;-1/p+1. The summed E-state index contributed by atoms with van der Waals surface area (Å²) in [6.07, 6.45) is 3.35. The molecule has 1 saturated heterocycles. The summed E-state index contributed by atoms with van der Waals surface area (Å²) in [4.78, 5) is 3.08. The molecule has 0 aliphatic carbocycles. The number of sulfonamides is 1. The lowest BCUT2D eigenvalue weighted by atomic mass is 9.90. The van der Waals surface area contributed by atoms with E-state index in [1.165, 1.54) is 12.1 Å². The minimum absolute atomic E-state index is 0.0716. The molecule has 1 aliphatic heterocycles. The fourth-order valence-corrected chi connectivity index (χ4v) is 2.30. The summed E-state index contributed by atoms with van der Waals surface area (Å²) in [5.41, 5.74) is -0.103. The maximum Gasteiger partial charge on any atom is 0.673 e. The van der Waals surface area contributed by atoms with E-state index in [-0.39, 0.29) is 4.90 Å². The Hall–Kier alpha value is -2.08. The van der Waals surface area contributed by atoms with Gasteiger partial charge in [0.1, 0.15) is 11.2 Å². The van der Waals surface area contributed by atoms with E-state index in [9.17, 15) is 25.7 Å². The Morgan fingerprint density at radius 2 is 1.41 bits per heavy atom. The molecule has 3 N–H and O–H groups in total. The van der Waals surface area contributed by atoms with Gasteiger partial charge in [-0.3, -0.25) is 0 Å². The number of allylic oxidation sites excluding steroid dienone is 1. The normalized spacial score (nSPS) is 18.3. The van der Waals surface area contributed by atoms with Gasteiger partial charge in [0.2, 0.25) is 15.7 Å². The maximum absolute atomic E-state index is 11.2. The van der Waals surface area contributed by atoms with E-state index < -0.39 is 28.5 Å². The summed E-state index contributed by atoms with van der Waals surface area (Å²) in [7, 11) is -9.67. The molecule has 12 heteroatoms. The Morgan fingerprint density at radius 3 is 1.78 bits per heavy atom. The molecule has 0 radical (unpaired) electrons. The van der Waals surface area contributed by atoms with E-state index in [4.69, 9.17) is 14.6 Å². The van der Waals surface area contributed by atoms with Crippen molar-refractivity contribution in [2.24, 2.45) is 5.14 Å². The van der Waals surface area contributed by atoms with Gasteiger partial charge >= 0.3 is 7.25 Å². The molecule has 1 aromatic carbocycles. The van der Waals surface area contributed by atoms with E-state index in [0.29, 0.717) is 5.95 Å². The van der Waals surface area contributed by atoms with E-state index in [1.54, 1.807) is 24.4 Å². The lowest BCUT2D eigenvalue weighted by Crippen LogP contribution is -2.61. The Kier molecular flexibility index (Phi) is 6.71. The van der Waals surface area contributed by atoms with Gasteiger partial charge in [-0.2, -0.15) is 0 Å². The van der Waals surface area contributed by atoms with Crippen molar-refractivity contribution in [2.45, 2.75) is 43.8 Å². The van der Waals surface area contributed by atoms with Gasteiger partial charge in [-0.15, -0.1) is 0 Å². The van der Waals surface area contributed by atoms with Gasteiger partial charge in [-0.05, 0) is 39.8 Å². The van der Waals surface area contributed by atoms with Gasteiger partial charge < -0.3 is 26.7 Å². The number of hydrogen-bond donors (Lipinski definition) is 2. The van der Waals surface area contributed by atoms with Crippen molar-refractivity contribution < 1.29 is 40.1 Å². The van der Waals surface area contributed by atoms with Crippen LogP contribution in [0.4, 0.5) is 23.0 Å². The van der Waals surface area contributed by atoms with Gasteiger partial charge in [-0.1, -0.05) is 0 Å². The first-order valence-electron chi connectivity index (χ1n) is 7.69. The van der Waals surface area contributed by atoms with Gasteiger partial charge in [-0.25, -0.2) is 18.5 Å². The second-order valence-corrected chi connectivity index (χ2v) is 8.15. The van der Waals surface area contributed by atoms with E-state index in [2.05, 4.69) is 4.99 Å². The third-order valence-electron chi connectivity index (χ3n) is 3.81. The zero-order valence-electron chi connectivity index (χ0n) is 15.2. The summed E-state index contributed by atoms with van der Waals surface area (Å²) in [6, 6.07) is 6.12. The quantitative estimate of drug-likeness (QED) is 0.451. The highest BCUT2D eigenvalue weighted by atomic mass is 32.2. The van der Waals surface area contributed by atoms with Crippen LogP contribution in [0.5, 0.6) is 0 Å². The number of rotatable bonds is 3. The number of nitrogens with two attached hydrogens (primary N) is 1. The van der Waals surface area contributed by atoms with Crippen molar-refractivity contribution in [1.82, 2.24) is 0 Å². The van der Waals surface area contributed by atoms with Crippen LogP contribution in [0.1, 0.15) is 27.7 Å². The van der Waals surface area contributed by atoms with Crippen molar-refractivity contribution in [3.05, 3.63) is 36.3 Å². The second-order valence-electron chi connectivity index (χ2n) is 6.59. The SMILES string of the molecule is CC1(C)OC(=CC=[NH+]c2ccc(S(N)(=O)=O)cc2)OC1(C)C.F[B-](F)(F)F. The van der Waals surface area contributed by atoms with Gasteiger partial charge in [0.25, 0.3) is 5.95 Å². The van der Waals surface area contributed by atoms with Crippen LogP contribution in [0.3, 0.4) is 0 Å². The lowest BCUT2D eigenvalue weighted by Gasteiger charge is -2.28. The summed E-state index contributed by atoms with van der Waals surface area (Å²) >= 11 is 0. The molecule has 0 amide bonds. The third kappa shape index (κ3) is 7.59. The fourth-order valence-electron chi connectivity index (χ4n) is 1.78. The predicted molar refractivity (Wildman–Crippen MR) is 93.1 cm³/mol. The highest BCUT2D eigenvalue weighted by molar-refractivity contribution is 7.89. The average molecular weight is 412 g/mol. The molecule has 0 bridgehead atoms. The molecule has 1 aliphatic rings. The van der Waals surface area contributed by atoms with Crippen molar-refractivity contribution in [1.29, 1.82) is 0 Å². The highest BCUT2D eigenvalue weighted by Crippen LogP contribution is 2.39. The second kappa shape index (κ2) is 7.89. The monoisotopic (exact) mass is 412 g/mol. The van der Waals surface area contributed by atoms with Crippen molar-refractivity contribution in [3.8, 4) is 0 Å². The molecular weight excluding hydrogens is 391 g/mol. The molecule has 1 aromatic rings. The van der Waals surface area contributed by atoms with Crippen molar-refractivity contribution in [2.75, 3.05) is 0 Å². The summed E-state index contributed by atoms with van der Waals surface area (Å²) < 4.78 is 72.8. The minimum Gasteiger partial charge on any atom is -0.455 e. The van der Waals surface area contributed by atoms with Crippen LogP contribution < -0.4 is 10.1 Å². The number of primary sulfonamides is 1. The molecule has 1 heterocycles. The largest absolute Gasteiger partial charge is 0.673 e. The number of hydrogen-bond acceptors (Lipinski definition) is 4. The summed E-state index contributed by atoms with van der Waals surface area (Å²) in [6.45, 7) is 7.86. The van der Waals surface area contributed by atoms with Crippen LogP contribution in [-0.4, -0.2) is 33.1 Å². The Bertz CT molecular complexity index is 795. The van der Waals surface area contributed by atoms with Crippen LogP contribution in [0.2, 0.25) is 0 Å². The van der Waals surface area contributed by atoms with Crippen LogP contribution >= 0.6 is 0 Å². The summed E-state index contributed by atoms with van der Waals surface area (Å²) in [5.74, 6) is 0.434. The molecule has 1 fully saturated rings. The van der Waals surface area contributed by atoms with Crippen LogP contribution in [0, 0.1) is 0 Å². The average Bonchev–Trinajstić information content (AvgIpc) is 2.64. The Morgan fingerprint density at radius 1 is 1.00 bits per heavy atom. The molecule has 0 saturated carbocycles. The Labute approximate surface area is 155 Å². The topological polar surface area (TPSA) is 92.6 Å². The van der Waals surface area contributed by atoms with Gasteiger partial charge in [0.05, 0.1) is 11.0 Å². The van der Waals surface area contributed by atoms with Crippen LogP contribution in [0.25, 0.3) is 0 Å². The molecule has 2 rings (SSSR count). The first kappa shape index (κ1) is 23.0. The van der Waals surface area contributed by atoms with E-state index >= 15 is 0 Å². The molecule has 6 nitrogen and oxygen atoms in total. The third-order valence-corrected chi connectivity index (χ3v) is 4.74. The molecular formula is C15H21BF4N2O4S. The van der Waals surface area contributed by atoms with E-state index in [0.717, 1.165) is 5.69 Å². The maximum atomic E-state index is 11.2. The first-order chi connectivity index (χ1) is 12.0. The highest BCUT2D eigenvalue weighted by Gasteiger charge is 2.48. The summed E-state index contributed by atoms with van der Waals surface area (Å²) in [5, 5.41) is 5.04. The van der Waals surface area contributed by atoms with Crippen LogP contribution in [0.15, 0.2) is 41.2 Å². The lowest BCUT2D eigenvalue weighted by molar-refractivity contribution is -0.346. The zero-order valence-corrected chi connectivity index (χ0v) is 16.0. The van der Waals surface area contributed by atoms with Crippen LogP contribution in [-0.2, 0) is 19.5 Å². The number of benzene rings is 1. The number of nitrogens with one attached hydrogen (secondary N) is 1. The Balaban J connectivity index is 0.000000646. The smallest absolute Gasteiger partial charge is 0.455 e. The zero-order chi connectivity index (χ0) is 21.1. The van der Waals surface area contributed by atoms with Gasteiger partial charge in [0.15, 0.2) is 6.21 Å². The fraction of sp³-hybridized carbons (Fsp3) is 0.400. The minimum atomic E-state index is -6.00. The molecule has 0 aromatic heterocycles. The molecule has 27 heavy (non-hydrogen) atoms. The van der Waals surface area contributed by atoms with E-state index in [1.807, 2.05) is 27.7 Å². The predicted octanol–water partition coefficient (Wildman–Crippen LogP) is 1.86. The molecule has 0 spiro atoms. The number of halogens is 4. The van der Waals surface area contributed by atoms with Gasteiger partial charge in [0, 0.05) is 12.1 Å². The molecule has 0 unspecified atom stereocenters. The first-order valence-corrected chi connectivity index (χ1v) is 9.24. The van der Waals surface area contributed by atoms with Crippen molar-refractivity contribution >= 4 is 29.2 Å². The molecule has 152 valence electrons. The molecule has 0 atom stereocenters. The van der Waals surface area contributed by atoms with Crippen molar-refractivity contribution in [3.63, 3.8) is 0 Å².